The van der Waals surface area contributed by atoms with Crippen LogP contribution in [0.25, 0.3) is 11.1 Å². The van der Waals surface area contributed by atoms with Crippen molar-refractivity contribution in [1.29, 1.82) is 5.41 Å². The molecule has 190 valence electrons. The van der Waals surface area contributed by atoms with Gasteiger partial charge in [0.15, 0.2) is 10.8 Å². The largest absolute Gasteiger partial charge is 0.494 e. The van der Waals surface area contributed by atoms with Gasteiger partial charge in [0.05, 0.1) is 32.1 Å². The molecule has 3 aromatic heterocycles. The number of anilines is 1. The maximum Gasteiger partial charge on any atom is 0.280 e. The van der Waals surface area contributed by atoms with Crippen LogP contribution in [0.15, 0.2) is 36.5 Å². The van der Waals surface area contributed by atoms with Gasteiger partial charge in [-0.1, -0.05) is 17.3 Å². The van der Waals surface area contributed by atoms with Crippen molar-refractivity contribution in [2.45, 2.75) is 19.3 Å². The SMILES string of the molecule is C[NH2+]/C=C(\C=N)Oc1cc(-c2cc(C(F)F)ncc2OC)c(C(=O)Nc2nnc(C#CC3CC3)s2)cn1. The fourth-order valence-corrected chi connectivity index (χ4v) is 3.72. The van der Waals surface area contributed by atoms with E-state index in [2.05, 4.69) is 37.3 Å². The summed E-state index contributed by atoms with van der Waals surface area (Å²) in [4.78, 5) is 21.2. The topological polar surface area (TPSA) is 140 Å². The van der Waals surface area contributed by atoms with Gasteiger partial charge in [0, 0.05) is 29.3 Å². The summed E-state index contributed by atoms with van der Waals surface area (Å²) in [7, 11) is 3.11. The molecule has 0 atom stereocenters. The molecule has 4 rings (SSSR count). The Morgan fingerprint density at radius 2 is 2.08 bits per heavy atom. The number of pyridine rings is 2. The number of aromatic nitrogens is 4. The first-order valence-electron chi connectivity index (χ1n) is 11.1. The zero-order valence-electron chi connectivity index (χ0n) is 19.8. The number of carbonyl (C=O) groups excluding carboxylic acids is 1. The molecule has 4 N–H and O–H groups in total. The van der Waals surface area contributed by atoms with Gasteiger partial charge < -0.3 is 20.2 Å². The predicted octanol–water partition coefficient (Wildman–Crippen LogP) is 3.02. The summed E-state index contributed by atoms with van der Waals surface area (Å²) in [5, 5.41) is 20.5. The number of amides is 1. The Morgan fingerprint density at radius 1 is 1.27 bits per heavy atom. The molecule has 3 heterocycles. The fourth-order valence-electron chi connectivity index (χ4n) is 3.12. The lowest BCUT2D eigenvalue weighted by molar-refractivity contribution is -0.557. The minimum atomic E-state index is -2.84. The Kier molecular flexibility index (Phi) is 8.11. The van der Waals surface area contributed by atoms with E-state index < -0.39 is 18.0 Å². The second-order valence-corrected chi connectivity index (χ2v) is 8.71. The highest BCUT2D eigenvalue weighted by atomic mass is 32.1. The average Bonchev–Trinajstić information content (AvgIpc) is 3.63. The van der Waals surface area contributed by atoms with Crippen LogP contribution in [0.5, 0.6) is 11.6 Å². The van der Waals surface area contributed by atoms with E-state index in [-0.39, 0.29) is 39.2 Å². The van der Waals surface area contributed by atoms with Crippen LogP contribution in [0.4, 0.5) is 13.9 Å². The zero-order chi connectivity index (χ0) is 26.4. The van der Waals surface area contributed by atoms with Crippen LogP contribution in [0, 0.1) is 23.2 Å². The number of methoxy groups -OCH3 is 1. The van der Waals surface area contributed by atoms with Gasteiger partial charge in [-0.2, -0.15) is 0 Å². The van der Waals surface area contributed by atoms with Crippen LogP contribution in [-0.2, 0) is 0 Å². The Labute approximate surface area is 214 Å². The molecule has 3 aromatic rings. The smallest absolute Gasteiger partial charge is 0.280 e. The third-order valence-electron chi connectivity index (χ3n) is 5.05. The molecule has 0 saturated heterocycles. The van der Waals surface area contributed by atoms with E-state index in [1.54, 1.807) is 18.6 Å². The first kappa shape index (κ1) is 25.8. The third-order valence-corrected chi connectivity index (χ3v) is 5.80. The van der Waals surface area contributed by atoms with Gasteiger partial charge in [0.2, 0.25) is 11.0 Å². The van der Waals surface area contributed by atoms with Crippen LogP contribution >= 0.6 is 11.3 Å². The average molecular weight is 527 g/mol. The van der Waals surface area contributed by atoms with Gasteiger partial charge in [-0.3, -0.25) is 15.1 Å². The molecule has 1 aliphatic rings. The van der Waals surface area contributed by atoms with Crippen molar-refractivity contribution >= 4 is 28.6 Å². The van der Waals surface area contributed by atoms with Crippen LogP contribution in [0.2, 0.25) is 0 Å². The van der Waals surface area contributed by atoms with Crippen molar-refractivity contribution in [2.24, 2.45) is 5.92 Å². The summed E-state index contributed by atoms with van der Waals surface area (Å²) in [5.41, 5.74) is -0.0713. The Hall–Kier alpha value is -4.28. The summed E-state index contributed by atoms with van der Waals surface area (Å²) < 4.78 is 37.9. The lowest BCUT2D eigenvalue weighted by atomic mass is 10.00. The van der Waals surface area contributed by atoms with Crippen molar-refractivity contribution in [1.82, 2.24) is 20.2 Å². The Bertz CT molecular complexity index is 1410. The van der Waals surface area contributed by atoms with Crippen molar-refractivity contribution in [3.63, 3.8) is 0 Å². The Balaban J connectivity index is 1.73. The monoisotopic (exact) mass is 526 g/mol. The number of quaternary nitrogens is 1. The van der Waals surface area contributed by atoms with E-state index in [1.807, 2.05) is 0 Å². The lowest BCUT2D eigenvalue weighted by Crippen LogP contribution is -2.73. The highest BCUT2D eigenvalue weighted by Gasteiger charge is 2.22. The van der Waals surface area contributed by atoms with Gasteiger partial charge in [0.25, 0.3) is 12.3 Å². The van der Waals surface area contributed by atoms with Crippen LogP contribution in [0.3, 0.4) is 0 Å². The van der Waals surface area contributed by atoms with Crippen LogP contribution in [-0.4, -0.2) is 46.4 Å². The Morgan fingerprint density at radius 3 is 2.76 bits per heavy atom. The number of hydrogen-bond donors (Lipinski definition) is 3. The molecule has 13 heteroatoms. The molecule has 1 amide bonds. The standard InChI is InChI=1S/C24H21F2N7O3S/c1-28-10-14(9-27)36-20-8-15(16-7-18(22(25)26)29-12-19(16)35-2)17(11-30-20)23(34)31-24-33-32-21(37-24)6-5-13-3-4-13/h7-13,22,27-28H,3-4H2,1-2H3,(H,31,33,34)/p+1/b14-10+,27-9?. The highest BCUT2D eigenvalue weighted by Crippen LogP contribution is 2.36. The van der Waals surface area contributed by atoms with Gasteiger partial charge in [-0.25, -0.2) is 13.8 Å². The first-order valence-corrected chi connectivity index (χ1v) is 11.9. The number of nitrogens with two attached hydrogens (primary N) is 1. The molecule has 0 aromatic carbocycles. The summed E-state index contributed by atoms with van der Waals surface area (Å²) in [6.45, 7) is 0. The molecule has 10 nitrogen and oxygen atoms in total. The molecule has 0 bridgehead atoms. The van der Waals surface area contributed by atoms with Crippen LogP contribution < -0.4 is 20.1 Å². The minimum absolute atomic E-state index is 0.0363. The molecule has 0 unspecified atom stereocenters. The second kappa shape index (κ2) is 11.6. The van der Waals surface area contributed by atoms with Gasteiger partial charge >= 0.3 is 0 Å². The van der Waals surface area contributed by atoms with E-state index in [0.29, 0.717) is 10.9 Å². The molecule has 0 aliphatic heterocycles. The summed E-state index contributed by atoms with van der Waals surface area (Å²) >= 11 is 1.12. The quantitative estimate of drug-likeness (QED) is 0.221. The third kappa shape index (κ3) is 6.49. The number of carbonyl (C=O) groups is 1. The van der Waals surface area contributed by atoms with Crippen molar-refractivity contribution in [3.05, 3.63) is 52.8 Å². The summed E-state index contributed by atoms with van der Waals surface area (Å²) in [5.74, 6) is 6.19. The van der Waals surface area contributed by atoms with Gasteiger partial charge in [-0.05, 0) is 24.8 Å². The van der Waals surface area contributed by atoms with Crippen molar-refractivity contribution in [3.8, 4) is 34.6 Å². The number of nitrogens with one attached hydrogen (secondary N) is 2. The zero-order valence-corrected chi connectivity index (χ0v) is 20.6. The molecular weight excluding hydrogens is 504 g/mol. The van der Waals surface area contributed by atoms with E-state index >= 15 is 0 Å². The summed E-state index contributed by atoms with van der Waals surface area (Å²) in [6.07, 6.45) is 4.25. The summed E-state index contributed by atoms with van der Waals surface area (Å²) in [6, 6.07) is 2.55. The number of rotatable bonds is 9. The van der Waals surface area contributed by atoms with E-state index in [0.717, 1.165) is 42.7 Å². The van der Waals surface area contributed by atoms with Crippen LogP contribution in [0.1, 0.15) is 40.3 Å². The predicted molar refractivity (Wildman–Crippen MR) is 132 cm³/mol. The first-order chi connectivity index (χ1) is 17.9. The molecule has 37 heavy (non-hydrogen) atoms. The highest BCUT2D eigenvalue weighted by molar-refractivity contribution is 7.15. The van der Waals surface area contributed by atoms with E-state index in [9.17, 15) is 13.6 Å². The molecule has 1 fully saturated rings. The maximum atomic E-state index is 13.5. The van der Waals surface area contributed by atoms with Crippen molar-refractivity contribution < 1.29 is 28.4 Å². The number of alkyl halides is 2. The number of ether oxygens (including phenoxy) is 2. The number of nitrogens with zero attached hydrogens (tertiary/aromatic N) is 4. The normalized spacial score (nSPS) is 13.1. The molecule has 0 spiro atoms. The molecule has 0 radical (unpaired) electrons. The van der Waals surface area contributed by atoms with E-state index in [1.165, 1.54) is 19.4 Å². The number of hydrogen-bond acceptors (Lipinski definition) is 9. The number of halogens is 2. The van der Waals surface area contributed by atoms with Gasteiger partial charge in [0.1, 0.15) is 17.6 Å². The van der Waals surface area contributed by atoms with Crippen molar-refractivity contribution in [2.75, 3.05) is 19.5 Å². The fraction of sp³-hybridized carbons (Fsp3) is 0.250. The second-order valence-electron chi connectivity index (χ2n) is 7.74. The maximum absolute atomic E-state index is 13.5. The molecule has 1 saturated carbocycles. The minimum Gasteiger partial charge on any atom is -0.494 e. The van der Waals surface area contributed by atoms with E-state index in [4.69, 9.17) is 14.9 Å². The number of allylic oxidation sites excluding steroid dienone is 1. The lowest BCUT2D eigenvalue weighted by Gasteiger charge is -2.15. The molecular formula is C24H22F2N7O3S+. The molecule has 1 aliphatic carbocycles. The van der Waals surface area contributed by atoms with Gasteiger partial charge in [-0.15, -0.1) is 10.2 Å².